The van der Waals surface area contributed by atoms with Crippen LogP contribution in [0.15, 0.2) is 36.9 Å². The van der Waals surface area contributed by atoms with Crippen LogP contribution in [0.4, 0.5) is 0 Å². The molecule has 98 valence electrons. The smallest absolute Gasteiger partial charge is 0.119 e. The number of nitrogens with zero attached hydrogens (tertiary/aromatic N) is 1. The molecule has 1 aliphatic rings. The van der Waals surface area contributed by atoms with E-state index in [1.807, 2.05) is 12.1 Å². The minimum atomic E-state index is 0.561. The summed E-state index contributed by atoms with van der Waals surface area (Å²) in [5.74, 6) is 0.900. The van der Waals surface area contributed by atoms with Crippen molar-refractivity contribution in [2.45, 2.75) is 25.8 Å². The predicted octanol–water partition coefficient (Wildman–Crippen LogP) is 2.74. The molecule has 18 heavy (non-hydrogen) atoms. The zero-order chi connectivity index (χ0) is 12.6. The molecule has 0 radical (unpaired) electrons. The molecular formula is C15H22N2O. The van der Waals surface area contributed by atoms with E-state index < -0.39 is 0 Å². The highest BCUT2D eigenvalue weighted by molar-refractivity contribution is 5.27. The lowest BCUT2D eigenvalue weighted by Gasteiger charge is -2.27. The Morgan fingerprint density at radius 1 is 1.17 bits per heavy atom. The second-order valence-corrected chi connectivity index (χ2v) is 4.63. The van der Waals surface area contributed by atoms with Gasteiger partial charge in [0.15, 0.2) is 0 Å². The van der Waals surface area contributed by atoms with Crippen LogP contribution in [-0.2, 0) is 6.54 Å². The third-order valence-corrected chi connectivity index (χ3v) is 3.15. The van der Waals surface area contributed by atoms with Crippen molar-refractivity contribution in [2.24, 2.45) is 0 Å². The van der Waals surface area contributed by atoms with Gasteiger partial charge in [-0.3, -0.25) is 5.43 Å². The van der Waals surface area contributed by atoms with E-state index in [0.29, 0.717) is 6.61 Å². The number of hydrazine groups is 1. The van der Waals surface area contributed by atoms with E-state index in [1.54, 1.807) is 6.08 Å². The molecule has 0 atom stereocenters. The maximum atomic E-state index is 5.46. The predicted molar refractivity (Wildman–Crippen MR) is 74.4 cm³/mol. The van der Waals surface area contributed by atoms with E-state index in [0.717, 1.165) is 12.3 Å². The van der Waals surface area contributed by atoms with E-state index in [2.05, 4.69) is 29.1 Å². The lowest BCUT2D eigenvalue weighted by Crippen LogP contribution is -2.41. The fourth-order valence-corrected chi connectivity index (χ4v) is 2.11. The van der Waals surface area contributed by atoms with Crippen LogP contribution in [0.2, 0.25) is 0 Å². The van der Waals surface area contributed by atoms with Crippen molar-refractivity contribution in [3.05, 3.63) is 42.5 Å². The standard InChI is InChI=1S/C15H22N2O/c1-2-12-18-15-8-6-14(7-9-15)13-16-17-10-4-3-5-11-17/h2,6-9,16H,1,3-5,10-13H2. The van der Waals surface area contributed by atoms with E-state index in [1.165, 1.54) is 37.9 Å². The first-order valence-electron chi connectivity index (χ1n) is 6.69. The summed E-state index contributed by atoms with van der Waals surface area (Å²) in [7, 11) is 0. The van der Waals surface area contributed by atoms with Crippen LogP contribution in [-0.4, -0.2) is 24.7 Å². The zero-order valence-corrected chi connectivity index (χ0v) is 10.9. The van der Waals surface area contributed by atoms with Crippen molar-refractivity contribution in [3.8, 4) is 5.75 Å². The van der Waals surface area contributed by atoms with Crippen molar-refractivity contribution in [1.82, 2.24) is 10.4 Å². The monoisotopic (exact) mass is 246 g/mol. The largest absolute Gasteiger partial charge is 0.490 e. The van der Waals surface area contributed by atoms with E-state index in [-0.39, 0.29) is 0 Å². The molecule has 0 unspecified atom stereocenters. The van der Waals surface area contributed by atoms with Crippen molar-refractivity contribution >= 4 is 0 Å². The Morgan fingerprint density at radius 2 is 1.89 bits per heavy atom. The Kier molecular flexibility index (Phi) is 5.24. The minimum Gasteiger partial charge on any atom is -0.490 e. The van der Waals surface area contributed by atoms with E-state index in [4.69, 9.17) is 4.74 Å². The van der Waals surface area contributed by atoms with Gasteiger partial charge in [-0.2, -0.15) is 0 Å². The third-order valence-electron chi connectivity index (χ3n) is 3.15. The van der Waals surface area contributed by atoms with Gasteiger partial charge in [0.2, 0.25) is 0 Å². The SMILES string of the molecule is C=CCOc1ccc(CNN2CCCCC2)cc1. The number of ether oxygens (including phenoxy) is 1. The molecule has 0 bridgehead atoms. The quantitative estimate of drug-likeness (QED) is 0.781. The molecular weight excluding hydrogens is 224 g/mol. The molecule has 1 fully saturated rings. The van der Waals surface area contributed by atoms with Crippen LogP contribution in [0.1, 0.15) is 24.8 Å². The van der Waals surface area contributed by atoms with E-state index >= 15 is 0 Å². The summed E-state index contributed by atoms with van der Waals surface area (Å²) in [4.78, 5) is 0. The Hall–Kier alpha value is -1.32. The van der Waals surface area contributed by atoms with Gasteiger partial charge in [0, 0.05) is 19.6 Å². The van der Waals surface area contributed by atoms with Crippen molar-refractivity contribution in [1.29, 1.82) is 0 Å². The number of benzene rings is 1. The molecule has 3 heteroatoms. The number of rotatable bonds is 6. The Balaban J connectivity index is 1.76. The van der Waals surface area contributed by atoms with Crippen molar-refractivity contribution in [2.75, 3.05) is 19.7 Å². The summed E-state index contributed by atoms with van der Waals surface area (Å²) in [5, 5.41) is 2.33. The highest BCUT2D eigenvalue weighted by Crippen LogP contribution is 2.12. The highest BCUT2D eigenvalue weighted by atomic mass is 16.5. The molecule has 1 heterocycles. The first kappa shape index (κ1) is 13.1. The number of nitrogens with one attached hydrogen (secondary N) is 1. The highest BCUT2D eigenvalue weighted by Gasteiger charge is 2.08. The minimum absolute atomic E-state index is 0.561. The average molecular weight is 246 g/mol. The summed E-state index contributed by atoms with van der Waals surface area (Å²) < 4.78 is 5.46. The van der Waals surface area contributed by atoms with Gasteiger partial charge in [-0.25, -0.2) is 5.01 Å². The summed E-state index contributed by atoms with van der Waals surface area (Å²) >= 11 is 0. The molecule has 1 aromatic rings. The Labute approximate surface area is 109 Å². The molecule has 0 saturated carbocycles. The van der Waals surface area contributed by atoms with Crippen LogP contribution in [0.25, 0.3) is 0 Å². The van der Waals surface area contributed by atoms with Gasteiger partial charge >= 0.3 is 0 Å². The topological polar surface area (TPSA) is 24.5 Å². The van der Waals surface area contributed by atoms with Crippen LogP contribution in [0.3, 0.4) is 0 Å². The van der Waals surface area contributed by atoms with Gasteiger partial charge in [-0.15, -0.1) is 0 Å². The van der Waals surface area contributed by atoms with Crippen LogP contribution < -0.4 is 10.2 Å². The van der Waals surface area contributed by atoms with Crippen molar-refractivity contribution < 1.29 is 4.74 Å². The molecule has 3 nitrogen and oxygen atoms in total. The lowest BCUT2D eigenvalue weighted by molar-refractivity contribution is 0.151. The van der Waals surface area contributed by atoms with Gasteiger partial charge < -0.3 is 4.74 Å². The summed E-state index contributed by atoms with van der Waals surface area (Å²) in [6, 6.07) is 8.23. The Morgan fingerprint density at radius 3 is 2.56 bits per heavy atom. The summed E-state index contributed by atoms with van der Waals surface area (Å²) in [6.07, 6.45) is 5.74. The first-order chi connectivity index (χ1) is 8.88. The van der Waals surface area contributed by atoms with Gasteiger partial charge in [0.05, 0.1) is 0 Å². The third kappa shape index (κ3) is 4.17. The molecule has 1 aromatic carbocycles. The van der Waals surface area contributed by atoms with Crippen LogP contribution in [0, 0.1) is 0 Å². The molecule has 0 spiro atoms. The van der Waals surface area contributed by atoms with Gasteiger partial charge in [-0.1, -0.05) is 31.2 Å². The van der Waals surface area contributed by atoms with Gasteiger partial charge in [-0.05, 0) is 30.5 Å². The first-order valence-corrected chi connectivity index (χ1v) is 6.69. The van der Waals surface area contributed by atoms with Crippen LogP contribution in [0.5, 0.6) is 5.75 Å². The number of hydrogen-bond acceptors (Lipinski definition) is 3. The summed E-state index contributed by atoms with van der Waals surface area (Å²) in [6.45, 7) is 7.42. The molecule has 1 aliphatic heterocycles. The summed E-state index contributed by atoms with van der Waals surface area (Å²) in [5.41, 5.74) is 4.76. The molecule has 2 rings (SSSR count). The van der Waals surface area contributed by atoms with E-state index in [9.17, 15) is 0 Å². The van der Waals surface area contributed by atoms with Crippen molar-refractivity contribution in [3.63, 3.8) is 0 Å². The lowest BCUT2D eigenvalue weighted by atomic mass is 10.2. The number of hydrogen-bond donors (Lipinski definition) is 1. The number of piperidine rings is 1. The Bertz CT molecular complexity index is 355. The zero-order valence-electron chi connectivity index (χ0n) is 10.9. The molecule has 0 aromatic heterocycles. The average Bonchev–Trinajstić information content (AvgIpc) is 2.45. The molecule has 1 N–H and O–H groups in total. The van der Waals surface area contributed by atoms with Crippen LogP contribution >= 0.6 is 0 Å². The molecule has 0 aliphatic carbocycles. The second kappa shape index (κ2) is 7.19. The maximum Gasteiger partial charge on any atom is 0.119 e. The van der Waals surface area contributed by atoms with Gasteiger partial charge in [0.25, 0.3) is 0 Å². The van der Waals surface area contributed by atoms with Gasteiger partial charge in [0.1, 0.15) is 12.4 Å². The molecule has 1 saturated heterocycles. The fourth-order valence-electron chi connectivity index (χ4n) is 2.11. The normalized spacial score (nSPS) is 16.4. The fraction of sp³-hybridized carbons (Fsp3) is 0.467. The molecule has 0 amide bonds. The maximum absolute atomic E-state index is 5.46. The second-order valence-electron chi connectivity index (χ2n) is 4.63.